The molecule has 1 aliphatic heterocycles. The van der Waals surface area contributed by atoms with E-state index in [0.29, 0.717) is 12.2 Å². The van der Waals surface area contributed by atoms with Crippen LogP contribution in [0.15, 0.2) is 42.9 Å². The van der Waals surface area contributed by atoms with E-state index in [-0.39, 0.29) is 12.1 Å². The SMILES string of the molecule is Cc1c(NC(=O)N[C@H]2CCc3ncnn3C2)cnn1-c1ccccc1. The highest BCUT2D eigenvalue weighted by Gasteiger charge is 2.21. The largest absolute Gasteiger partial charge is 0.333 e. The first-order valence-electron chi connectivity index (χ1n) is 8.25. The number of aromatic nitrogens is 5. The molecule has 0 saturated heterocycles. The maximum atomic E-state index is 12.3. The number of hydrogen-bond acceptors (Lipinski definition) is 4. The van der Waals surface area contributed by atoms with Crippen molar-refractivity contribution in [1.29, 1.82) is 0 Å². The summed E-state index contributed by atoms with van der Waals surface area (Å²) < 4.78 is 3.64. The van der Waals surface area contributed by atoms with Crippen LogP contribution in [0, 0.1) is 6.92 Å². The number of fused-ring (bicyclic) bond motifs is 1. The minimum absolute atomic E-state index is 0.0404. The molecule has 0 radical (unpaired) electrons. The molecule has 0 aliphatic carbocycles. The van der Waals surface area contributed by atoms with Crippen molar-refractivity contribution in [1.82, 2.24) is 29.9 Å². The molecule has 1 atom stereocenters. The number of para-hydroxylation sites is 1. The number of rotatable bonds is 3. The van der Waals surface area contributed by atoms with Gasteiger partial charge in [-0.1, -0.05) is 18.2 Å². The van der Waals surface area contributed by atoms with Gasteiger partial charge in [-0.25, -0.2) is 19.1 Å². The van der Waals surface area contributed by atoms with E-state index in [9.17, 15) is 4.79 Å². The standard InChI is InChI=1S/C17H19N7O/c1-12-15(9-19-24(12)14-5-3-2-4-6-14)22-17(25)21-13-7-8-16-18-11-20-23(16)10-13/h2-6,9,11,13H,7-8,10H2,1H3,(H2,21,22,25)/t13-/m0/s1. The minimum atomic E-state index is -0.232. The lowest BCUT2D eigenvalue weighted by atomic mass is 10.1. The van der Waals surface area contributed by atoms with Crippen molar-refractivity contribution < 1.29 is 4.79 Å². The molecular formula is C17H19N7O. The Bertz CT molecular complexity index is 884. The fourth-order valence-corrected chi connectivity index (χ4v) is 3.06. The van der Waals surface area contributed by atoms with Crippen LogP contribution >= 0.6 is 0 Å². The number of benzene rings is 1. The average Bonchev–Trinajstić information content (AvgIpc) is 3.22. The fraction of sp³-hybridized carbons (Fsp3) is 0.294. The first kappa shape index (κ1) is 15.4. The van der Waals surface area contributed by atoms with Crippen molar-refractivity contribution in [2.45, 2.75) is 32.4 Å². The summed E-state index contributed by atoms with van der Waals surface area (Å²) in [5, 5.41) is 14.4. The van der Waals surface area contributed by atoms with Crippen molar-refractivity contribution in [3.05, 3.63) is 54.4 Å². The van der Waals surface area contributed by atoms with Crippen LogP contribution < -0.4 is 10.6 Å². The van der Waals surface area contributed by atoms with Gasteiger partial charge in [0, 0.05) is 6.42 Å². The highest BCUT2D eigenvalue weighted by atomic mass is 16.2. The van der Waals surface area contributed by atoms with Gasteiger partial charge in [-0.3, -0.25) is 0 Å². The van der Waals surface area contributed by atoms with Crippen molar-refractivity contribution in [2.75, 3.05) is 5.32 Å². The molecule has 0 spiro atoms. The number of amides is 2. The van der Waals surface area contributed by atoms with E-state index >= 15 is 0 Å². The molecular weight excluding hydrogens is 318 g/mol. The second-order valence-electron chi connectivity index (χ2n) is 6.08. The fourth-order valence-electron chi connectivity index (χ4n) is 3.06. The van der Waals surface area contributed by atoms with Gasteiger partial charge in [0.25, 0.3) is 0 Å². The summed E-state index contributed by atoms with van der Waals surface area (Å²) in [6.45, 7) is 2.57. The molecule has 0 unspecified atom stereocenters. The predicted octanol–water partition coefficient (Wildman–Crippen LogP) is 1.91. The molecule has 1 aromatic carbocycles. The van der Waals surface area contributed by atoms with Crippen molar-refractivity contribution >= 4 is 11.7 Å². The quantitative estimate of drug-likeness (QED) is 0.764. The van der Waals surface area contributed by atoms with Gasteiger partial charge in [0.15, 0.2) is 0 Å². The van der Waals surface area contributed by atoms with Gasteiger partial charge in [0.2, 0.25) is 0 Å². The first-order chi connectivity index (χ1) is 12.2. The summed E-state index contributed by atoms with van der Waals surface area (Å²) in [5.74, 6) is 0.971. The monoisotopic (exact) mass is 337 g/mol. The molecule has 25 heavy (non-hydrogen) atoms. The summed E-state index contributed by atoms with van der Waals surface area (Å²) >= 11 is 0. The Morgan fingerprint density at radius 2 is 2.08 bits per heavy atom. The lowest BCUT2D eigenvalue weighted by Crippen LogP contribution is -2.43. The topological polar surface area (TPSA) is 89.7 Å². The van der Waals surface area contributed by atoms with Crippen molar-refractivity contribution in [2.24, 2.45) is 0 Å². The van der Waals surface area contributed by atoms with Crippen LogP contribution in [-0.4, -0.2) is 36.6 Å². The zero-order chi connectivity index (χ0) is 17.2. The molecule has 2 amide bonds. The Morgan fingerprint density at radius 3 is 2.92 bits per heavy atom. The molecule has 3 aromatic rings. The maximum absolute atomic E-state index is 12.3. The van der Waals surface area contributed by atoms with E-state index < -0.39 is 0 Å². The Morgan fingerprint density at radius 1 is 1.24 bits per heavy atom. The number of carbonyl (C=O) groups excluding carboxylic acids is 1. The maximum Gasteiger partial charge on any atom is 0.319 e. The van der Waals surface area contributed by atoms with Crippen LogP contribution in [0.4, 0.5) is 10.5 Å². The smallest absolute Gasteiger partial charge is 0.319 e. The number of carbonyl (C=O) groups is 1. The van der Waals surface area contributed by atoms with Gasteiger partial charge in [-0.15, -0.1) is 0 Å². The molecule has 8 nitrogen and oxygen atoms in total. The van der Waals surface area contributed by atoms with Gasteiger partial charge >= 0.3 is 6.03 Å². The number of aryl methyl sites for hydroxylation is 1. The Balaban J connectivity index is 1.41. The molecule has 2 N–H and O–H groups in total. The van der Waals surface area contributed by atoms with Gasteiger partial charge in [-0.05, 0) is 25.5 Å². The normalized spacial score (nSPS) is 16.3. The van der Waals surface area contributed by atoms with Crippen LogP contribution in [0.2, 0.25) is 0 Å². The van der Waals surface area contributed by atoms with Crippen LogP contribution in [0.25, 0.3) is 5.69 Å². The molecule has 4 rings (SSSR count). The van der Waals surface area contributed by atoms with E-state index in [0.717, 1.165) is 30.0 Å². The summed E-state index contributed by atoms with van der Waals surface area (Å²) in [7, 11) is 0. The second kappa shape index (κ2) is 6.39. The molecule has 8 heteroatoms. The van der Waals surface area contributed by atoms with Gasteiger partial charge in [0.05, 0.1) is 35.9 Å². The average molecular weight is 337 g/mol. The summed E-state index contributed by atoms with van der Waals surface area (Å²) in [6, 6.07) is 9.63. The lowest BCUT2D eigenvalue weighted by Gasteiger charge is -2.23. The molecule has 0 saturated carbocycles. The van der Waals surface area contributed by atoms with Gasteiger partial charge < -0.3 is 10.6 Å². The third kappa shape index (κ3) is 3.10. The van der Waals surface area contributed by atoms with Crippen molar-refractivity contribution in [3.63, 3.8) is 0 Å². The Hall–Kier alpha value is -3.16. The molecule has 1 aliphatic rings. The molecule has 3 heterocycles. The summed E-state index contributed by atoms with van der Waals surface area (Å²) in [6.07, 6.45) is 4.89. The number of nitrogens with one attached hydrogen (secondary N) is 2. The molecule has 0 bridgehead atoms. The summed E-state index contributed by atoms with van der Waals surface area (Å²) in [5.41, 5.74) is 2.53. The van der Waals surface area contributed by atoms with E-state index in [4.69, 9.17) is 0 Å². The molecule has 2 aromatic heterocycles. The van der Waals surface area contributed by atoms with Crippen LogP contribution in [0.5, 0.6) is 0 Å². The van der Waals surface area contributed by atoms with Crippen LogP contribution in [0.3, 0.4) is 0 Å². The van der Waals surface area contributed by atoms with Gasteiger partial charge in [0.1, 0.15) is 12.2 Å². The highest BCUT2D eigenvalue weighted by Crippen LogP contribution is 2.18. The summed E-state index contributed by atoms with van der Waals surface area (Å²) in [4.78, 5) is 16.5. The van der Waals surface area contributed by atoms with E-state index in [1.54, 1.807) is 17.2 Å². The van der Waals surface area contributed by atoms with Crippen LogP contribution in [-0.2, 0) is 13.0 Å². The minimum Gasteiger partial charge on any atom is -0.333 e. The number of urea groups is 1. The zero-order valence-corrected chi connectivity index (χ0v) is 13.9. The first-order valence-corrected chi connectivity index (χ1v) is 8.25. The zero-order valence-electron chi connectivity index (χ0n) is 13.9. The highest BCUT2D eigenvalue weighted by molar-refractivity contribution is 5.90. The lowest BCUT2D eigenvalue weighted by molar-refractivity contribution is 0.243. The second-order valence-corrected chi connectivity index (χ2v) is 6.08. The third-order valence-electron chi connectivity index (χ3n) is 4.40. The number of hydrogen-bond donors (Lipinski definition) is 2. The van der Waals surface area contributed by atoms with Crippen LogP contribution in [0.1, 0.15) is 17.9 Å². The van der Waals surface area contributed by atoms with Crippen molar-refractivity contribution in [3.8, 4) is 5.69 Å². The van der Waals surface area contributed by atoms with E-state index in [2.05, 4.69) is 25.8 Å². The molecule has 128 valence electrons. The Kier molecular flexibility index (Phi) is 3.93. The van der Waals surface area contributed by atoms with Gasteiger partial charge in [-0.2, -0.15) is 10.2 Å². The number of anilines is 1. The number of nitrogens with zero attached hydrogens (tertiary/aromatic N) is 5. The van der Waals surface area contributed by atoms with E-state index in [1.807, 2.05) is 41.9 Å². The van der Waals surface area contributed by atoms with E-state index in [1.165, 1.54) is 0 Å². The molecule has 0 fully saturated rings. The third-order valence-corrected chi connectivity index (χ3v) is 4.40. The predicted molar refractivity (Wildman–Crippen MR) is 92.6 cm³/mol. The Labute approximate surface area is 144 Å².